The summed E-state index contributed by atoms with van der Waals surface area (Å²) in [7, 11) is 2.09. The van der Waals surface area contributed by atoms with Gasteiger partial charge < -0.3 is 4.48 Å². The van der Waals surface area contributed by atoms with Gasteiger partial charge in [-0.05, 0) is 12.1 Å². The van der Waals surface area contributed by atoms with Crippen LogP contribution in [0.3, 0.4) is 0 Å². The van der Waals surface area contributed by atoms with Gasteiger partial charge in [-0.1, -0.05) is 0 Å². The predicted molar refractivity (Wildman–Crippen MR) is 74.2 cm³/mol. The molecule has 1 rings (SSSR count). The molecule has 1 aromatic carbocycles. The molecule has 0 fully saturated rings. The summed E-state index contributed by atoms with van der Waals surface area (Å²) < 4.78 is 0.741. The van der Waals surface area contributed by atoms with E-state index >= 15 is 0 Å². The van der Waals surface area contributed by atoms with Crippen LogP contribution in [0.2, 0.25) is 0 Å². The van der Waals surface area contributed by atoms with E-state index in [0.717, 1.165) is 29.7 Å². The molecule has 0 bridgehead atoms. The van der Waals surface area contributed by atoms with E-state index in [0.29, 0.717) is 11.8 Å². The van der Waals surface area contributed by atoms with Crippen molar-refractivity contribution in [1.82, 2.24) is 0 Å². The van der Waals surface area contributed by atoms with E-state index in [1.54, 1.807) is 12.1 Å². The number of alkyl halides is 2. The number of quaternary nitrogens is 1. The van der Waals surface area contributed by atoms with Gasteiger partial charge in [-0.3, -0.25) is 10.1 Å². The second-order valence-electron chi connectivity index (χ2n) is 4.53. The highest BCUT2D eigenvalue weighted by molar-refractivity contribution is 6.18. The molecule has 100 valence electrons. The van der Waals surface area contributed by atoms with E-state index in [1.165, 1.54) is 12.1 Å². The molecule has 6 heteroatoms. The number of hydrogen-bond acceptors (Lipinski definition) is 2. The highest BCUT2D eigenvalue weighted by Gasteiger charge is 2.21. The fourth-order valence-corrected chi connectivity index (χ4v) is 2.66. The van der Waals surface area contributed by atoms with Crippen LogP contribution in [0.25, 0.3) is 0 Å². The summed E-state index contributed by atoms with van der Waals surface area (Å²) in [5, 5.41) is 10.6. The molecule has 18 heavy (non-hydrogen) atoms. The molecular weight excluding hydrogens is 275 g/mol. The molecule has 0 aliphatic rings. The van der Waals surface area contributed by atoms with Crippen molar-refractivity contribution < 1.29 is 9.41 Å². The topological polar surface area (TPSA) is 43.1 Å². The van der Waals surface area contributed by atoms with Gasteiger partial charge in [-0.25, -0.2) is 0 Å². The lowest BCUT2D eigenvalue weighted by molar-refractivity contribution is -0.918. The lowest BCUT2D eigenvalue weighted by atomic mass is 10.1. The Hall–Kier alpha value is -0.840. The van der Waals surface area contributed by atoms with Crippen molar-refractivity contribution in [3.8, 4) is 0 Å². The molecular formula is C12H17Cl2N2O2+. The van der Waals surface area contributed by atoms with Crippen LogP contribution in [-0.4, -0.2) is 41.3 Å². The molecule has 0 unspecified atom stereocenters. The number of hydrogen-bond donors (Lipinski definition) is 0. The predicted octanol–water partition coefficient (Wildman–Crippen LogP) is 3.02. The average molecular weight is 292 g/mol. The summed E-state index contributed by atoms with van der Waals surface area (Å²) in [6, 6.07) is 6.64. The first-order valence-electron chi connectivity index (χ1n) is 5.69. The highest BCUT2D eigenvalue weighted by Crippen LogP contribution is 2.16. The van der Waals surface area contributed by atoms with E-state index < -0.39 is 4.92 Å². The van der Waals surface area contributed by atoms with Gasteiger partial charge >= 0.3 is 0 Å². The summed E-state index contributed by atoms with van der Waals surface area (Å²) in [6.45, 7) is 2.42. The van der Waals surface area contributed by atoms with Crippen LogP contribution in [-0.2, 0) is 6.54 Å². The van der Waals surface area contributed by atoms with Crippen molar-refractivity contribution in [3.05, 3.63) is 39.9 Å². The smallest absolute Gasteiger partial charge is 0.269 e. The first kappa shape index (κ1) is 15.2. The van der Waals surface area contributed by atoms with Gasteiger partial charge in [-0.15, -0.1) is 23.2 Å². The molecule has 0 spiro atoms. The minimum Gasteiger partial charge on any atom is -0.320 e. The van der Waals surface area contributed by atoms with Crippen LogP contribution in [0, 0.1) is 10.1 Å². The average Bonchev–Trinajstić information content (AvgIpc) is 2.30. The first-order valence-corrected chi connectivity index (χ1v) is 6.76. The molecule has 0 aliphatic heterocycles. The molecule has 1 aromatic rings. The third-order valence-electron chi connectivity index (χ3n) is 2.96. The van der Waals surface area contributed by atoms with Crippen LogP contribution >= 0.6 is 23.2 Å². The summed E-state index contributed by atoms with van der Waals surface area (Å²) in [4.78, 5) is 10.2. The number of halogens is 2. The summed E-state index contributed by atoms with van der Waals surface area (Å²) >= 11 is 11.6. The Morgan fingerprint density at radius 2 is 1.67 bits per heavy atom. The lowest BCUT2D eigenvalue weighted by Crippen LogP contribution is -2.46. The van der Waals surface area contributed by atoms with E-state index in [4.69, 9.17) is 23.2 Å². The molecule has 0 saturated heterocycles. The minimum absolute atomic E-state index is 0.114. The Bertz CT molecular complexity index is 390. The van der Waals surface area contributed by atoms with Gasteiger partial charge in [0.2, 0.25) is 0 Å². The number of nitrogens with zero attached hydrogens (tertiary/aromatic N) is 2. The third-order valence-corrected chi connectivity index (χ3v) is 3.30. The molecule has 0 aliphatic carbocycles. The van der Waals surface area contributed by atoms with Crippen molar-refractivity contribution in [2.45, 2.75) is 6.54 Å². The SMILES string of the molecule is C[N+](CCCl)(CCCl)Cc1ccc([N+](=O)[O-])cc1. The van der Waals surface area contributed by atoms with Crippen molar-refractivity contribution in [3.63, 3.8) is 0 Å². The van der Waals surface area contributed by atoms with Gasteiger partial charge in [0.05, 0.1) is 36.8 Å². The summed E-state index contributed by atoms with van der Waals surface area (Å²) in [6.07, 6.45) is 0. The van der Waals surface area contributed by atoms with Crippen LogP contribution in [0.5, 0.6) is 0 Å². The second kappa shape index (κ2) is 6.92. The van der Waals surface area contributed by atoms with Gasteiger partial charge in [0, 0.05) is 17.7 Å². The van der Waals surface area contributed by atoms with Crippen molar-refractivity contribution in [2.75, 3.05) is 31.9 Å². The molecule has 0 heterocycles. The fraction of sp³-hybridized carbons (Fsp3) is 0.500. The zero-order chi connectivity index (χ0) is 13.6. The van der Waals surface area contributed by atoms with Crippen LogP contribution in [0.1, 0.15) is 5.56 Å². The van der Waals surface area contributed by atoms with Crippen LogP contribution in [0.15, 0.2) is 24.3 Å². The monoisotopic (exact) mass is 291 g/mol. The number of benzene rings is 1. The summed E-state index contributed by atoms with van der Waals surface area (Å²) in [5.74, 6) is 1.14. The highest BCUT2D eigenvalue weighted by atomic mass is 35.5. The van der Waals surface area contributed by atoms with Crippen molar-refractivity contribution in [1.29, 1.82) is 0 Å². The van der Waals surface area contributed by atoms with E-state index in [9.17, 15) is 10.1 Å². The minimum atomic E-state index is -0.393. The van der Waals surface area contributed by atoms with E-state index in [1.807, 2.05) is 0 Å². The Labute approximate surface area is 117 Å². The number of rotatable bonds is 7. The summed E-state index contributed by atoms with van der Waals surface area (Å²) in [5.41, 5.74) is 1.17. The van der Waals surface area contributed by atoms with Gasteiger partial charge in [-0.2, -0.15) is 0 Å². The Morgan fingerprint density at radius 1 is 1.17 bits per heavy atom. The molecule has 0 saturated carbocycles. The van der Waals surface area contributed by atoms with E-state index in [-0.39, 0.29) is 5.69 Å². The normalized spacial score (nSPS) is 11.5. The van der Waals surface area contributed by atoms with Gasteiger partial charge in [0.1, 0.15) is 6.54 Å². The molecule has 0 N–H and O–H groups in total. The largest absolute Gasteiger partial charge is 0.320 e. The Balaban J connectivity index is 2.77. The number of nitro groups is 1. The Kier molecular flexibility index (Phi) is 5.85. The maximum absolute atomic E-state index is 10.6. The second-order valence-corrected chi connectivity index (χ2v) is 5.28. The third kappa shape index (κ3) is 4.44. The quantitative estimate of drug-likeness (QED) is 0.335. The molecule has 4 nitrogen and oxygen atoms in total. The maximum atomic E-state index is 10.6. The lowest BCUT2D eigenvalue weighted by Gasteiger charge is -2.33. The standard InChI is InChI=1S/C12H17Cl2N2O2/c1-16(8-6-13,9-7-14)10-11-2-4-12(5-3-11)15(17)18/h2-5H,6-10H2,1H3/q+1. The van der Waals surface area contributed by atoms with Gasteiger partial charge in [0.15, 0.2) is 0 Å². The first-order chi connectivity index (χ1) is 8.50. The Morgan fingerprint density at radius 3 is 2.06 bits per heavy atom. The molecule has 0 radical (unpaired) electrons. The maximum Gasteiger partial charge on any atom is 0.269 e. The molecule has 0 atom stereocenters. The van der Waals surface area contributed by atoms with Crippen LogP contribution in [0.4, 0.5) is 5.69 Å². The molecule has 0 aromatic heterocycles. The number of nitro benzene ring substituents is 1. The zero-order valence-electron chi connectivity index (χ0n) is 10.3. The molecule has 0 amide bonds. The van der Waals surface area contributed by atoms with Crippen LogP contribution < -0.4 is 0 Å². The zero-order valence-corrected chi connectivity index (χ0v) is 11.8. The van der Waals surface area contributed by atoms with E-state index in [2.05, 4.69) is 7.05 Å². The van der Waals surface area contributed by atoms with Crippen molar-refractivity contribution >= 4 is 28.9 Å². The fourth-order valence-electron chi connectivity index (χ4n) is 1.84. The number of non-ortho nitro benzene ring substituents is 1. The van der Waals surface area contributed by atoms with Gasteiger partial charge in [0.25, 0.3) is 5.69 Å². The van der Waals surface area contributed by atoms with Crippen molar-refractivity contribution in [2.24, 2.45) is 0 Å².